The number of rotatable bonds is 7. The number of halogens is 1. The van der Waals surface area contributed by atoms with Crippen molar-refractivity contribution in [1.82, 2.24) is 15.0 Å². The predicted molar refractivity (Wildman–Crippen MR) is 127 cm³/mol. The van der Waals surface area contributed by atoms with Crippen LogP contribution in [0.3, 0.4) is 0 Å². The summed E-state index contributed by atoms with van der Waals surface area (Å²) in [6.45, 7) is 5.34. The fraction of sp³-hybridized carbons (Fsp3) is 0.286. The van der Waals surface area contributed by atoms with E-state index in [9.17, 15) is 8.42 Å². The largest absolute Gasteiger partial charge is 0.369 e. The first-order valence-corrected chi connectivity index (χ1v) is 11.9. The summed E-state index contributed by atoms with van der Waals surface area (Å²) in [6, 6.07) is 7.67. The van der Waals surface area contributed by atoms with Crippen molar-refractivity contribution >= 4 is 44.8 Å². The molecule has 32 heavy (non-hydrogen) atoms. The molecule has 3 aromatic rings. The summed E-state index contributed by atoms with van der Waals surface area (Å²) in [5.74, 6) is 0.650. The van der Waals surface area contributed by atoms with Gasteiger partial charge in [0.25, 0.3) is 10.0 Å². The van der Waals surface area contributed by atoms with Crippen molar-refractivity contribution in [3.05, 3.63) is 53.0 Å². The van der Waals surface area contributed by atoms with Crippen LogP contribution in [0.4, 0.5) is 5.82 Å². The van der Waals surface area contributed by atoms with Gasteiger partial charge in [0.1, 0.15) is 22.8 Å². The van der Waals surface area contributed by atoms with Crippen LogP contribution in [0, 0.1) is 5.41 Å². The average Bonchev–Trinajstić information content (AvgIpc) is 3.29. The van der Waals surface area contributed by atoms with Crippen molar-refractivity contribution in [3.63, 3.8) is 0 Å². The second-order valence-electron chi connectivity index (χ2n) is 8.95. The van der Waals surface area contributed by atoms with Gasteiger partial charge in [-0.2, -0.15) is 4.99 Å². The van der Waals surface area contributed by atoms with Crippen LogP contribution in [0.5, 0.6) is 0 Å². The zero-order valence-corrected chi connectivity index (χ0v) is 19.6. The summed E-state index contributed by atoms with van der Waals surface area (Å²) in [5.41, 5.74) is 2.49. The van der Waals surface area contributed by atoms with Crippen LogP contribution >= 0.6 is 11.6 Å². The summed E-state index contributed by atoms with van der Waals surface area (Å²) in [5, 5.41) is 9.85. The normalized spacial score (nSPS) is 18.8. The molecule has 1 unspecified atom stereocenters. The number of sulfonamides is 1. The third kappa shape index (κ3) is 4.83. The zero-order valence-electron chi connectivity index (χ0n) is 18.0. The van der Waals surface area contributed by atoms with Gasteiger partial charge in [-0.1, -0.05) is 25.4 Å². The van der Waals surface area contributed by atoms with E-state index in [1.165, 1.54) is 0 Å². The number of fused-ring (bicyclic) bond motifs is 1. The molecule has 0 saturated carbocycles. The number of anilines is 1. The topological polar surface area (TPSA) is 126 Å². The lowest BCUT2D eigenvalue weighted by molar-refractivity contribution is -0.764. The smallest absolute Gasteiger partial charge is 0.261 e. The van der Waals surface area contributed by atoms with E-state index < -0.39 is 10.0 Å². The van der Waals surface area contributed by atoms with Gasteiger partial charge in [0.05, 0.1) is 13.6 Å². The lowest BCUT2D eigenvalue weighted by atomic mass is 9.92. The third-order valence-corrected chi connectivity index (χ3v) is 6.21. The molecule has 0 aliphatic carbocycles. The van der Waals surface area contributed by atoms with Crippen molar-refractivity contribution in [2.24, 2.45) is 15.5 Å². The summed E-state index contributed by atoms with van der Waals surface area (Å²) in [6.07, 6.45) is 6.79. The van der Waals surface area contributed by atoms with Crippen molar-refractivity contribution in [2.45, 2.75) is 13.8 Å². The number of H-pyrrole nitrogens is 1. The van der Waals surface area contributed by atoms with Crippen LogP contribution < -0.4 is 10.5 Å². The minimum Gasteiger partial charge on any atom is -0.369 e. The van der Waals surface area contributed by atoms with Gasteiger partial charge in [-0.3, -0.25) is 4.48 Å². The summed E-state index contributed by atoms with van der Waals surface area (Å²) < 4.78 is 23.4. The number of nitrogens with two attached hydrogens (primary N) is 1. The first-order valence-electron chi connectivity index (χ1n) is 9.94. The monoisotopic (exact) mass is 474 g/mol. The molecule has 11 heteroatoms. The predicted octanol–water partition coefficient (Wildman–Crippen LogP) is 3.29. The molecule has 1 atom stereocenters. The lowest BCUT2D eigenvalue weighted by Gasteiger charge is -2.32. The van der Waals surface area contributed by atoms with Gasteiger partial charge < -0.3 is 10.3 Å². The second-order valence-corrected chi connectivity index (χ2v) is 10.8. The lowest BCUT2D eigenvalue weighted by Crippen LogP contribution is -2.45. The molecule has 168 valence electrons. The van der Waals surface area contributed by atoms with E-state index in [0.717, 1.165) is 22.2 Å². The first kappa shape index (κ1) is 22.4. The number of nitrogens with one attached hydrogen (secondary N) is 2. The highest BCUT2D eigenvalue weighted by Crippen LogP contribution is 2.31. The van der Waals surface area contributed by atoms with E-state index in [1.807, 2.05) is 37.5 Å². The zero-order chi connectivity index (χ0) is 23.1. The Balaban J connectivity index is 1.51. The number of aromatic amines is 1. The van der Waals surface area contributed by atoms with Gasteiger partial charge in [-0.05, 0) is 29.8 Å². The fourth-order valence-electron chi connectivity index (χ4n) is 3.99. The van der Waals surface area contributed by atoms with E-state index in [1.54, 1.807) is 18.7 Å². The van der Waals surface area contributed by atoms with E-state index in [2.05, 4.69) is 39.1 Å². The van der Waals surface area contributed by atoms with E-state index >= 15 is 0 Å². The highest BCUT2D eigenvalue weighted by Gasteiger charge is 2.35. The van der Waals surface area contributed by atoms with E-state index in [4.69, 9.17) is 16.7 Å². The number of hydrogen-bond acceptors (Lipinski definition) is 6. The molecule has 1 aliphatic heterocycles. The summed E-state index contributed by atoms with van der Waals surface area (Å²) >= 11 is 6.31. The maximum atomic E-state index is 11.6. The minimum atomic E-state index is -3.83. The van der Waals surface area contributed by atoms with Crippen LogP contribution in [0.1, 0.15) is 13.8 Å². The minimum absolute atomic E-state index is 0.113. The van der Waals surface area contributed by atoms with Crippen molar-refractivity contribution in [1.29, 1.82) is 0 Å². The van der Waals surface area contributed by atoms with Crippen molar-refractivity contribution in [2.75, 3.05) is 25.5 Å². The quantitative estimate of drug-likeness (QED) is 0.357. The molecule has 4 rings (SSSR count). The molecule has 4 N–H and O–H groups in total. The Morgan fingerprint density at radius 1 is 1.31 bits per heavy atom. The number of quaternary nitrogens is 1. The van der Waals surface area contributed by atoms with Crippen molar-refractivity contribution in [3.8, 4) is 11.1 Å². The van der Waals surface area contributed by atoms with Crippen LogP contribution in [-0.2, 0) is 10.0 Å². The second kappa shape index (κ2) is 7.96. The molecular weight excluding hydrogens is 450 g/mol. The van der Waals surface area contributed by atoms with Crippen molar-refractivity contribution < 1.29 is 12.9 Å². The molecule has 4 heterocycles. The SMILES string of the molecule is CC(C)(CNc1cc(-c2c[nH]c3ncccc23)cc(Cl)n1)C[N+]1(C)C=NC(S(N)(=O)=O)=C1. The summed E-state index contributed by atoms with van der Waals surface area (Å²) in [4.78, 5) is 15.9. The number of nitrogens with zero attached hydrogens (tertiary/aromatic N) is 4. The number of hydrogen-bond donors (Lipinski definition) is 3. The molecular formula is C21H25ClN7O2S+. The molecule has 0 radical (unpaired) electrons. The van der Waals surface area contributed by atoms with Crippen LogP contribution in [-0.4, -0.2) is 54.3 Å². The molecule has 0 bridgehead atoms. The van der Waals surface area contributed by atoms with E-state index in [-0.39, 0.29) is 14.9 Å². The van der Waals surface area contributed by atoms with Gasteiger partial charge in [-0.15, -0.1) is 0 Å². The van der Waals surface area contributed by atoms with Gasteiger partial charge in [0, 0.05) is 35.3 Å². The van der Waals surface area contributed by atoms with Crippen LogP contribution in [0.2, 0.25) is 5.15 Å². The van der Waals surface area contributed by atoms with E-state index in [0.29, 0.717) is 24.1 Å². The number of aliphatic imine (C=N–C) groups is 1. The Kier molecular flexibility index (Phi) is 5.58. The Labute approximate surface area is 191 Å². The maximum Gasteiger partial charge on any atom is 0.261 e. The molecule has 1 aliphatic rings. The van der Waals surface area contributed by atoms with Gasteiger partial charge >= 0.3 is 0 Å². The number of pyridine rings is 2. The molecule has 0 spiro atoms. The highest BCUT2D eigenvalue weighted by molar-refractivity contribution is 7.93. The van der Waals surface area contributed by atoms with Gasteiger partial charge in [-0.25, -0.2) is 23.5 Å². The van der Waals surface area contributed by atoms with Crippen LogP contribution in [0.15, 0.2) is 52.9 Å². The Bertz CT molecular complexity index is 1350. The summed E-state index contributed by atoms with van der Waals surface area (Å²) in [7, 11) is -1.95. The Morgan fingerprint density at radius 3 is 2.81 bits per heavy atom. The molecule has 0 fully saturated rings. The molecule has 0 aromatic carbocycles. The molecule has 0 amide bonds. The number of aromatic nitrogens is 3. The highest BCUT2D eigenvalue weighted by atomic mass is 35.5. The number of primary sulfonamides is 1. The molecule has 3 aromatic heterocycles. The maximum absolute atomic E-state index is 11.6. The fourth-order valence-corrected chi connectivity index (χ4v) is 4.78. The average molecular weight is 475 g/mol. The molecule has 9 nitrogen and oxygen atoms in total. The van der Waals surface area contributed by atoms with Crippen LogP contribution in [0.25, 0.3) is 22.2 Å². The standard InChI is InChI=1S/C21H25ClN7O2S/c1-21(2,12-29(3)10-19(27-13-29)32(23,30)31)11-26-18-8-14(7-17(22)28-18)16-9-25-20-15(16)5-4-6-24-20/h4-10,13H,11-12H2,1-3H3,(H,24,25)(H,26,28)(H2,23,30,31)/q+1. The first-order chi connectivity index (χ1) is 14.9. The molecule has 0 saturated heterocycles. The van der Waals surface area contributed by atoms with Gasteiger partial charge in [0.2, 0.25) is 5.03 Å². The Morgan fingerprint density at radius 2 is 2.09 bits per heavy atom. The Hall–Kier alpha value is -2.79. The van der Waals surface area contributed by atoms with Gasteiger partial charge in [0.15, 0.2) is 6.34 Å². The third-order valence-electron chi connectivity index (χ3n) is 5.22.